The second-order valence-electron chi connectivity index (χ2n) is 2.95. The number of benzene rings is 1. The van der Waals surface area contributed by atoms with Crippen LogP contribution in [0.2, 0.25) is 0 Å². The van der Waals surface area contributed by atoms with Crippen molar-refractivity contribution < 1.29 is 14.3 Å². The standard InChI is InChI=1S/C10H9NO3/c11-5-7-4-6-2-1-3-8(10(12)13)9(6)14-7/h1-4H,5,11H2,(H,12,13). The lowest BCUT2D eigenvalue weighted by molar-refractivity contribution is 0.0698. The number of hydrogen-bond acceptors (Lipinski definition) is 3. The molecule has 4 nitrogen and oxygen atoms in total. The van der Waals surface area contributed by atoms with E-state index in [2.05, 4.69) is 0 Å². The van der Waals surface area contributed by atoms with E-state index in [0.717, 1.165) is 5.39 Å². The van der Waals surface area contributed by atoms with Gasteiger partial charge in [-0.25, -0.2) is 4.79 Å². The van der Waals surface area contributed by atoms with Gasteiger partial charge in [0.2, 0.25) is 0 Å². The second-order valence-corrected chi connectivity index (χ2v) is 2.95. The van der Waals surface area contributed by atoms with E-state index >= 15 is 0 Å². The van der Waals surface area contributed by atoms with Crippen LogP contribution in [0.4, 0.5) is 0 Å². The average molecular weight is 191 g/mol. The molecule has 0 atom stereocenters. The second kappa shape index (κ2) is 3.16. The molecule has 0 fully saturated rings. The van der Waals surface area contributed by atoms with Gasteiger partial charge in [-0.1, -0.05) is 12.1 Å². The molecule has 0 amide bonds. The number of para-hydroxylation sites is 1. The number of carboxylic acid groups (broad SMARTS) is 1. The summed E-state index contributed by atoms with van der Waals surface area (Å²) in [4.78, 5) is 10.8. The maximum absolute atomic E-state index is 10.8. The number of carbonyl (C=O) groups is 1. The van der Waals surface area contributed by atoms with Crippen molar-refractivity contribution in [2.45, 2.75) is 6.54 Å². The number of rotatable bonds is 2. The zero-order valence-corrected chi connectivity index (χ0v) is 7.36. The smallest absolute Gasteiger partial charge is 0.339 e. The topological polar surface area (TPSA) is 76.5 Å². The molecular formula is C10H9NO3. The molecule has 4 heteroatoms. The molecule has 0 saturated heterocycles. The van der Waals surface area contributed by atoms with E-state index in [9.17, 15) is 4.79 Å². The summed E-state index contributed by atoms with van der Waals surface area (Å²) in [6.45, 7) is 0.272. The third-order valence-electron chi connectivity index (χ3n) is 2.03. The Bertz CT molecular complexity index is 487. The van der Waals surface area contributed by atoms with Crippen molar-refractivity contribution in [3.8, 4) is 0 Å². The summed E-state index contributed by atoms with van der Waals surface area (Å²) >= 11 is 0. The van der Waals surface area contributed by atoms with Gasteiger partial charge in [0.25, 0.3) is 0 Å². The Balaban J connectivity index is 2.73. The first kappa shape index (κ1) is 8.77. The number of furan rings is 1. The molecule has 1 aromatic heterocycles. The highest BCUT2D eigenvalue weighted by Gasteiger charge is 2.12. The largest absolute Gasteiger partial charge is 0.478 e. The molecular weight excluding hydrogens is 182 g/mol. The van der Waals surface area contributed by atoms with E-state index in [-0.39, 0.29) is 12.1 Å². The first-order valence-electron chi connectivity index (χ1n) is 4.17. The lowest BCUT2D eigenvalue weighted by atomic mass is 10.1. The van der Waals surface area contributed by atoms with Gasteiger partial charge in [-0.05, 0) is 12.1 Å². The first-order chi connectivity index (χ1) is 6.72. The molecule has 0 saturated carbocycles. The average Bonchev–Trinajstić information content (AvgIpc) is 2.59. The molecule has 1 aromatic carbocycles. The molecule has 14 heavy (non-hydrogen) atoms. The summed E-state index contributed by atoms with van der Waals surface area (Å²) in [6.07, 6.45) is 0. The number of hydrogen-bond donors (Lipinski definition) is 2. The molecule has 3 N–H and O–H groups in total. The molecule has 0 aliphatic rings. The van der Waals surface area contributed by atoms with Gasteiger partial charge < -0.3 is 15.3 Å². The first-order valence-corrected chi connectivity index (χ1v) is 4.17. The van der Waals surface area contributed by atoms with Crippen LogP contribution in [-0.2, 0) is 6.54 Å². The summed E-state index contributed by atoms with van der Waals surface area (Å²) in [6, 6.07) is 6.74. The highest BCUT2D eigenvalue weighted by atomic mass is 16.4. The fourth-order valence-electron chi connectivity index (χ4n) is 1.39. The van der Waals surface area contributed by atoms with Crippen molar-refractivity contribution >= 4 is 16.9 Å². The van der Waals surface area contributed by atoms with Gasteiger partial charge in [0.15, 0.2) is 0 Å². The van der Waals surface area contributed by atoms with Crippen molar-refractivity contribution in [2.75, 3.05) is 0 Å². The summed E-state index contributed by atoms with van der Waals surface area (Å²) in [5.74, 6) is -0.401. The third-order valence-corrected chi connectivity index (χ3v) is 2.03. The van der Waals surface area contributed by atoms with E-state index in [1.54, 1.807) is 18.2 Å². The summed E-state index contributed by atoms with van der Waals surface area (Å²) < 4.78 is 5.30. The lowest BCUT2D eigenvalue weighted by Gasteiger charge is -1.94. The van der Waals surface area contributed by atoms with Crippen molar-refractivity contribution in [2.24, 2.45) is 5.73 Å². The van der Waals surface area contributed by atoms with Gasteiger partial charge in [-0.3, -0.25) is 0 Å². The lowest BCUT2D eigenvalue weighted by Crippen LogP contribution is -1.95. The van der Waals surface area contributed by atoms with Crippen LogP contribution in [0.15, 0.2) is 28.7 Å². The van der Waals surface area contributed by atoms with Gasteiger partial charge in [-0.2, -0.15) is 0 Å². The molecule has 0 aliphatic heterocycles. The maximum atomic E-state index is 10.8. The zero-order chi connectivity index (χ0) is 10.1. The number of nitrogens with two attached hydrogens (primary N) is 1. The Morgan fingerprint density at radius 1 is 1.50 bits per heavy atom. The van der Waals surface area contributed by atoms with Crippen LogP contribution >= 0.6 is 0 Å². The summed E-state index contributed by atoms with van der Waals surface area (Å²) in [5, 5.41) is 9.64. The van der Waals surface area contributed by atoms with Crippen LogP contribution in [0.25, 0.3) is 11.0 Å². The molecule has 0 spiro atoms. The Morgan fingerprint density at radius 2 is 2.29 bits per heavy atom. The highest BCUT2D eigenvalue weighted by Crippen LogP contribution is 2.22. The van der Waals surface area contributed by atoms with Crippen LogP contribution < -0.4 is 5.73 Å². The monoisotopic (exact) mass is 191 g/mol. The Hall–Kier alpha value is -1.81. The molecule has 2 aromatic rings. The van der Waals surface area contributed by atoms with Crippen molar-refractivity contribution in [1.29, 1.82) is 0 Å². The predicted molar refractivity (Wildman–Crippen MR) is 51.1 cm³/mol. The van der Waals surface area contributed by atoms with Crippen molar-refractivity contribution in [1.82, 2.24) is 0 Å². The molecule has 0 unspecified atom stereocenters. The summed E-state index contributed by atoms with van der Waals surface area (Å²) in [7, 11) is 0. The molecule has 0 bridgehead atoms. The summed E-state index contributed by atoms with van der Waals surface area (Å²) in [5.41, 5.74) is 5.96. The van der Waals surface area contributed by atoms with E-state index in [4.69, 9.17) is 15.3 Å². The number of carboxylic acids is 1. The zero-order valence-electron chi connectivity index (χ0n) is 7.36. The van der Waals surface area contributed by atoms with Gasteiger partial charge >= 0.3 is 5.97 Å². The minimum absolute atomic E-state index is 0.169. The van der Waals surface area contributed by atoms with E-state index < -0.39 is 5.97 Å². The van der Waals surface area contributed by atoms with Crippen molar-refractivity contribution in [3.63, 3.8) is 0 Å². The predicted octanol–water partition coefficient (Wildman–Crippen LogP) is 1.59. The molecule has 72 valence electrons. The van der Waals surface area contributed by atoms with Crippen LogP contribution in [0.5, 0.6) is 0 Å². The Kier molecular flexibility index (Phi) is 1.98. The van der Waals surface area contributed by atoms with Crippen LogP contribution in [-0.4, -0.2) is 11.1 Å². The SMILES string of the molecule is NCc1cc2cccc(C(=O)O)c2o1. The normalized spacial score (nSPS) is 10.6. The Morgan fingerprint density at radius 3 is 2.93 bits per heavy atom. The van der Waals surface area contributed by atoms with E-state index in [0.29, 0.717) is 11.3 Å². The minimum atomic E-state index is -0.992. The van der Waals surface area contributed by atoms with Crippen molar-refractivity contribution in [3.05, 3.63) is 35.6 Å². The van der Waals surface area contributed by atoms with Crippen LogP contribution in [0, 0.1) is 0 Å². The minimum Gasteiger partial charge on any atom is -0.478 e. The molecule has 1 heterocycles. The fourth-order valence-corrected chi connectivity index (χ4v) is 1.39. The van der Waals surface area contributed by atoms with E-state index in [1.165, 1.54) is 6.07 Å². The number of fused-ring (bicyclic) bond motifs is 1. The van der Waals surface area contributed by atoms with Gasteiger partial charge in [-0.15, -0.1) is 0 Å². The molecule has 0 radical (unpaired) electrons. The molecule has 0 aliphatic carbocycles. The molecule has 2 rings (SSSR count). The van der Waals surface area contributed by atoms with Gasteiger partial charge in [0, 0.05) is 5.39 Å². The fraction of sp³-hybridized carbons (Fsp3) is 0.100. The third kappa shape index (κ3) is 1.25. The van der Waals surface area contributed by atoms with Gasteiger partial charge in [0.1, 0.15) is 16.9 Å². The number of aromatic carboxylic acids is 1. The quantitative estimate of drug-likeness (QED) is 0.755. The van der Waals surface area contributed by atoms with Crippen LogP contribution in [0.1, 0.15) is 16.1 Å². The Labute approximate surface area is 79.9 Å². The maximum Gasteiger partial charge on any atom is 0.339 e. The van der Waals surface area contributed by atoms with E-state index in [1.807, 2.05) is 0 Å². The van der Waals surface area contributed by atoms with Crippen LogP contribution in [0.3, 0.4) is 0 Å². The highest BCUT2D eigenvalue weighted by molar-refractivity contribution is 6.01. The van der Waals surface area contributed by atoms with Gasteiger partial charge in [0.05, 0.1) is 6.54 Å².